The third-order valence-electron chi connectivity index (χ3n) is 3.81. The van der Waals surface area contributed by atoms with Crippen molar-refractivity contribution in [3.63, 3.8) is 0 Å². The molecule has 9 nitrogen and oxygen atoms in total. The van der Waals surface area contributed by atoms with Crippen molar-refractivity contribution in [3.8, 4) is 0 Å². The second-order valence-electron chi connectivity index (χ2n) is 7.10. The van der Waals surface area contributed by atoms with E-state index in [-0.39, 0.29) is 96.3 Å². The molecule has 0 aliphatic rings. The minimum Gasteiger partial charge on any atom is -0.748 e. The zero-order valence-corrected chi connectivity index (χ0v) is 23.4. The summed E-state index contributed by atoms with van der Waals surface area (Å²) in [6.45, 7) is 8.09. The van der Waals surface area contributed by atoms with Crippen LogP contribution in [-0.4, -0.2) is 75.4 Å². The molecule has 1 atom stereocenters. The van der Waals surface area contributed by atoms with Gasteiger partial charge in [0.15, 0.2) is 0 Å². The normalized spacial score (nSPS) is 12.7. The number of carbonyl (C=O) groups is 2. The Bertz CT molecular complexity index is 582. The molecule has 0 saturated carbocycles. The summed E-state index contributed by atoms with van der Waals surface area (Å²) in [5.74, 6) is -0.179. The molecule has 0 rings (SSSR count). The van der Waals surface area contributed by atoms with Gasteiger partial charge in [0.2, 0.25) is 0 Å². The van der Waals surface area contributed by atoms with Gasteiger partial charge in [-0.25, -0.2) is 8.42 Å². The first-order valence-corrected chi connectivity index (χ1v) is 12.2. The van der Waals surface area contributed by atoms with Crippen LogP contribution in [0.2, 0.25) is 0 Å². The number of ether oxygens (including phenoxy) is 4. The second kappa shape index (κ2) is 18.2. The van der Waals surface area contributed by atoms with E-state index in [1.807, 2.05) is 13.8 Å². The van der Waals surface area contributed by atoms with Crippen LogP contribution < -0.4 is 51.4 Å². The third kappa shape index (κ3) is 18.3. The number of carbonyl (C=O) groups excluding carboxylic acids is 2. The molecule has 0 aromatic carbocycles. The van der Waals surface area contributed by atoms with Crippen molar-refractivity contribution < 1.29 is 92.9 Å². The van der Waals surface area contributed by atoms with Gasteiger partial charge in [-0.15, -0.1) is 0 Å². The van der Waals surface area contributed by atoms with Crippen LogP contribution in [-0.2, 0) is 38.7 Å². The van der Waals surface area contributed by atoms with Crippen molar-refractivity contribution in [2.45, 2.75) is 40.5 Å². The summed E-state index contributed by atoms with van der Waals surface area (Å²) in [6.07, 6.45) is 0.728. The van der Waals surface area contributed by atoms with Gasteiger partial charge < -0.3 is 23.5 Å². The molecule has 0 bridgehead atoms. The van der Waals surface area contributed by atoms with E-state index in [0.717, 1.165) is 6.42 Å². The molecule has 0 heterocycles. The first-order chi connectivity index (χ1) is 13.5. The maximum Gasteiger partial charge on any atom is 1.00 e. The molecule has 172 valence electrons. The van der Waals surface area contributed by atoms with E-state index in [1.165, 1.54) is 11.8 Å². The molecule has 0 amide bonds. The Hall–Kier alpha value is 0.756. The molecule has 0 spiro atoms. The van der Waals surface area contributed by atoms with Crippen LogP contribution in [0, 0.1) is 11.3 Å². The average Bonchev–Trinajstić information content (AvgIpc) is 2.64. The molecule has 30 heavy (non-hydrogen) atoms. The molecule has 1 unspecified atom stereocenters. The van der Waals surface area contributed by atoms with Gasteiger partial charge >= 0.3 is 63.3 Å². The van der Waals surface area contributed by atoms with Gasteiger partial charge in [-0.05, 0) is 26.7 Å². The fourth-order valence-corrected chi connectivity index (χ4v) is 3.27. The Labute approximate surface area is 226 Å². The Morgan fingerprint density at radius 1 is 1.07 bits per heavy atom. The van der Waals surface area contributed by atoms with E-state index >= 15 is 0 Å². The van der Waals surface area contributed by atoms with Gasteiger partial charge in [0, 0.05) is 17.3 Å². The van der Waals surface area contributed by atoms with E-state index < -0.39 is 27.3 Å². The molecule has 0 aromatic heterocycles. The van der Waals surface area contributed by atoms with E-state index in [1.54, 1.807) is 13.8 Å². The average molecular weight is 497 g/mol. The minimum atomic E-state index is -4.29. The zero-order chi connectivity index (χ0) is 22.3. The van der Waals surface area contributed by atoms with Crippen molar-refractivity contribution >= 4 is 33.8 Å². The summed E-state index contributed by atoms with van der Waals surface area (Å²) >= 11 is 1.51. The first kappa shape index (κ1) is 32.9. The SMILES string of the molecule is CCC(C)C(=O)OCCOCOCCSCC(C)(C)C(=O)OCCCS(=O)(=O)[O-].[K+]. The first-order valence-electron chi connectivity index (χ1n) is 9.50. The molecule has 0 aliphatic carbocycles. The number of esters is 2. The van der Waals surface area contributed by atoms with E-state index in [0.29, 0.717) is 18.1 Å². The van der Waals surface area contributed by atoms with Gasteiger partial charge in [-0.1, -0.05) is 13.8 Å². The van der Waals surface area contributed by atoms with Gasteiger partial charge in [0.05, 0.1) is 41.3 Å². The largest absolute Gasteiger partial charge is 1.00 e. The van der Waals surface area contributed by atoms with Gasteiger partial charge in [-0.3, -0.25) is 9.59 Å². The zero-order valence-electron chi connectivity index (χ0n) is 18.6. The van der Waals surface area contributed by atoms with Gasteiger partial charge in [0.1, 0.15) is 13.4 Å². The molecule has 0 aliphatic heterocycles. The fourth-order valence-electron chi connectivity index (χ4n) is 1.79. The van der Waals surface area contributed by atoms with Crippen LogP contribution in [0.25, 0.3) is 0 Å². The van der Waals surface area contributed by atoms with Gasteiger partial charge in [0.25, 0.3) is 0 Å². The Balaban J connectivity index is 0. The van der Waals surface area contributed by atoms with E-state index in [9.17, 15) is 22.6 Å². The number of thioether (sulfide) groups is 1. The molecular weight excluding hydrogens is 463 g/mol. The monoisotopic (exact) mass is 496 g/mol. The molecule has 0 aromatic rings. The van der Waals surface area contributed by atoms with E-state index in [2.05, 4.69) is 0 Å². The summed E-state index contributed by atoms with van der Waals surface area (Å²) in [4.78, 5) is 23.5. The van der Waals surface area contributed by atoms with Crippen LogP contribution in [0.15, 0.2) is 0 Å². The maximum absolute atomic E-state index is 12.0. The van der Waals surface area contributed by atoms with Crippen molar-refractivity contribution in [2.75, 3.05) is 50.5 Å². The van der Waals surface area contributed by atoms with Gasteiger partial charge in [-0.2, -0.15) is 11.8 Å². The molecule has 0 N–H and O–H groups in total. The van der Waals surface area contributed by atoms with Crippen molar-refractivity contribution in [2.24, 2.45) is 11.3 Å². The van der Waals surface area contributed by atoms with Crippen LogP contribution in [0.3, 0.4) is 0 Å². The van der Waals surface area contributed by atoms with Crippen molar-refractivity contribution in [1.82, 2.24) is 0 Å². The summed E-state index contributed by atoms with van der Waals surface area (Å²) in [5.41, 5.74) is -0.739. The Kier molecular flexibility index (Phi) is 20.0. The molecule has 0 fully saturated rings. The third-order valence-corrected chi connectivity index (χ3v) is 5.98. The van der Waals surface area contributed by atoms with Crippen molar-refractivity contribution in [3.05, 3.63) is 0 Å². The number of hydrogen-bond donors (Lipinski definition) is 0. The predicted octanol–water partition coefficient (Wildman–Crippen LogP) is -1.19. The number of rotatable bonds is 17. The second-order valence-corrected chi connectivity index (χ2v) is 9.73. The molecule has 0 saturated heterocycles. The smallest absolute Gasteiger partial charge is 0.748 e. The summed E-state index contributed by atoms with van der Waals surface area (Å²) in [7, 11) is -4.29. The molecular formula is C18H33KO9S2. The van der Waals surface area contributed by atoms with Crippen LogP contribution >= 0.6 is 11.8 Å². The summed E-state index contributed by atoms with van der Waals surface area (Å²) < 4.78 is 52.1. The van der Waals surface area contributed by atoms with E-state index in [4.69, 9.17) is 18.9 Å². The molecule has 12 heteroatoms. The quantitative estimate of drug-likeness (QED) is 0.0797. The summed E-state index contributed by atoms with van der Waals surface area (Å²) in [6, 6.07) is 0. The Morgan fingerprint density at radius 2 is 1.70 bits per heavy atom. The number of hydrogen-bond acceptors (Lipinski definition) is 10. The van der Waals surface area contributed by atoms with Crippen LogP contribution in [0.1, 0.15) is 40.5 Å². The van der Waals surface area contributed by atoms with Crippen LogP contribution in [0.4, 0.5) is 0 Å². The molecule has 0 radical (unpaired) electrons. The fraction of sp³-hybridized carbons (Fsp3) is 0.889. The summed E-state index contributed by atoms with van der Waals surface area (Å²) in [5, 5.41) is 0. The predicted molar refractivity (Wildman–Crippen MR) is 108 cm³/mol. The Morgan fingerprint density at radius 3 is 2.30 bits per heavy atom. The van der Waals surface area contributed by atoms with Crippen LogP contribution in [0.5, 0.6) is 0 Å². The standard InChI is InChI=1S/C18H34O9S2.K/c1-5-15(2)16(19)26-9-8-24-14-25-10-11-28-13-18(3,4)17(20)27-7-6-12-29(21,22)23;/h15H,5-14H2,1-4H3,(H,21,22,23);/q;+1/p-1. The minimum absolute atomic E-state index is 0. The van der Waals surface area contributed by atoms with Crippen molar-refractivity contribution in [1.29, 1.82) is 0 Å². The topological polar surface area (TPSA) is 128 Å². The maximum atomic E-state index is 12.0.